The zero-order valence-electron chi connectivity index (χ0n) is 10.3. The van der Waals surface area contributed by atoms with Gasteiger partial charge in [-0.3, -0.25) is 0 Å². The van der Waals surface area contributed by atoms with Crippen LogP contribution in [0.25, 0.3) is 10.6 Å². The first-order chi connectivity index (χ1) is 8.75. The third-order valence-corrected chi connectivity index (χ3v) is 4.45. The van der Waals surface area contributed by atoms with E-state index in [9.17, 15) is 0 Å². The minimum Gasteiger partial charge on any atom is -0.379 e. The molecule has 2 aromatic rings. The summed E-state index contributed by atoms with van der Waals surface area (Å²) < 4.78 is 5.31. The summed E-state index contributed by atoms with van der Waals surface area (Å²) in [5, 5.41) is 3.19. The highest BCUT2D eigenvalue weighted by Gasteiger charge is 2.41. The van der Waals surface area contributed by atoms with E-state index in [1.807, 2.05) is 0 Å². The van der Waals surface area contributed by atoms with Crippen LogP contribution in [0.3, 0.4) is 0 Å². The number of benzene rings is 1. The molecule has 0 saturated carbocycles. The van der Waals surface area contributed by atoms with Gasteiger partial charge in [0.2, 0.25) is 0 Å². The van der Waals surface area contributed by atoms with Crippen molar-refractivity contribution >= 4 is 11.3 Å². The molecule has 2 N–H and O–H groups in total. The fraction of sp³-hybridized carbons (Fsp3) is 0.357. The van der Waals surface area contributed by atoms with Gasteiger partial charge in [-0.05, 0) is 12.5 Å². The molecule has 18 heavy (non-hydrogen) atoms. The second-order valence-corrected chi connectivity index (χ2v) is 5.69. The zero-order chi connectivity index (χ0) is 12.6. The van der Waals surface area contributed by atoms with Crippen LogP contribution in [0.15, 0.2) is 29.6 Å². The van der Waals surface area contributed by atoms with E-state index in [1.54, 1.807) is 11.3 Å². The Kier molecular flexibility index (Phi) is 2.93. The molecule has 3 rings (SSSR count). The summed E-state index contributed by atoms with van der Waals surface area (Å²) in [5.74, 6) is 0. The first-order valence-corrected chi connectivity index (χ1v) is 6.93. The van der Waals surface area contributed by atoms with Gasteiger partial charge in [0.25, 0.3) is 0 Å². The fourth-order valence-corrected chi connectivity index (χ4v) is 3.21. The van der Waals surface area contributed by atoms with Gasteiger partial charge < -0.3 is 10.5 Å². The molecule has 1 aliphatic heterocycles. The Balaban J connectivity index is 1.97. The average molecular weight is 260 g/mol. The van der Waals surface area contributed by atoms with Gasteiger partial charge in [-0.1, -0.05) is 24.3 Å². The van der Waals surface area contributed by atoms with Gasteiger partial charge in [0.05, 0.1) is 24.3 Å². The quantitative estimate of drug-likeness (QED) is 0.921. The first-order valence-electron chi connectivity index (χ1n) is 6.05. The molecule has 4 heteroatoms. The van der Waals surface area contributed by atoms with Crippen LogP contribution in [0.1, 0.15) is 11.3 Å². The Morgan fingerprint density at radius 1 is 1.39 bits per heavy atom. The van der Waals surface area contributed by atoms with Crippen LogP contribution >= 0.6 is 11.3 Å². The van der Waals surface area contributed by atoms with Crippen molar-refractivity contribution in [3.05, 3.63) is 40.9 Å². The lowest BCUT2D eigenvalue weighted by Gasteiger charge is -2.39. The molecule has 3 nitrogen and oxygen atoms in total. The van der Waals surface area contributed by atoms with Crippen LogP contribution in [0.4, 0.5) is 0 Å². The number of ether oxygens (including phenoxy) is 1. The summed E-state index contributed by atoms with van der Waals surface area (Å²) in [6.45, 7) is 4.10. The van der Waals surface area contributed by atoms with Gasteiger partial charge in [0.1, 0.15) is 5.01 Å². The molecule has 0 atom stereocenters. The molecular formula is C14H16N2OS. The smallest absolute Gasteiger partial charge is 0.123 e. The average Bonchev–Trinajstić information content (AvgIpc) is 2.79. The molecule has 1 fully saturated rings. The summed E-state index contributed by atoms with van der Waals surface area (Å²) in [5.41, 5.74) is 9.37. The maximum absolute atomic E-state index is 5.86. The van der Waals surface area contributed by atoms with Crippen LogP contribution < -0.4 is 5.73 Å². The Morgan fingerprint density at radius 3 is 2.78 bits per heavy atom. The standard InChI is InChI=1S/C14H16N2OS/c1-10-4-2-3-5-11(10)13-16-12(6-18-13)14(7-15)8-17-9-14/h2-6H,7-9,15H2,1H3. The minimum atomic E-state index is -0.0442. The van der Waals surface area contributed by atoms with E-state index < -0.39 is 0 Å². The Labute approximate surface area is 111 Å². The minimum absolute atomic E-state index is 0.0442. The SMILES string of the molecule is Cc1ccccc1-c1nc(C2(CN)COC2)cs1. The van der Waals surface area contributed by atoms with Crippen LogP contribution in [0.2, 0.25) is 0 Å². The number of nitrogens with zero attached hydrogens (tertiary/aromatic N) is 1. The lowest BCUT2D eigenvalue weighted by molar-refractivity contribution is -0.0568. The monoisotopic (exact) mass is 260 g/mol. The van der Waals surface area contributed by atoms with Crippen molar-refractivity contribution in [1.29, 1.82) is 0 Å². The van der Waals surface area contributed by atoms with Crippen molar-refractivity contribution in [2.24, 2.45) is 5.73 Å². The topological polar surface area (TPSA) is 48.1 Å². The predicted octanol–water partition coefficient (Wildman–Crippen LogP) is 2.35. The maximum Gasteiger partial charge on any atom is 0.123 e. The second-order valence-electron chi connectivity index (χ2n) is 4.83. The summed E-state index contributed by atoms with van der Waals surface area (Å²) in [7, 11) is 0. The molecule has 0 aliphatic carbocycles. The molecule has 2 heterocycles. The summed E-state index contributed by atoms with van der Waals surface area (Å²) in [6.07, 6.45) is 0. The van der Waals surface area contributed by atoms with Gasteiger partial charge in [0.15, 0.2) is 0 Å². The Morgan fingerprint density at radius 2 is 2.17 bits per heavy atom. The molecule has 0 bridgehead atoms. The molecule has 1 saturated heterocycles. The van der Waals surface area contributed by atoms with E-state index in [1.165, 1.54) is 11.1 Å². The molecule has 0 spiro atoms. The number of rotatable bonds is 3. The molecule has 0 amide bonds. The normalized spacial score (nSPS) is 17.4. The highest BCUT2D eigenvalue weighted by Crippen LogP contribution is 2.35. The third kappa shape index (κ3) is 1.77. The summed E-state index contributed by atoms with van der Waals surface area (Å²) in [6, 6.07) is 8.33. The molecular weight excluding hydrogens is 244 g/mol. The zero-order valence-corrected chi connectivity index (χ0v) is 11.2. The third-order valence-electron chi connectivity index (χ3n) is 3.57. The number of hydrogen-bond donors (Lipinski definition) is 1. The van der Waals surface area contributed by atoms with Gasteiger partial charge in [-0.25, -0.2) is 4.98 Å². The van der Waals surface area contributed by atoms with Crippen molar-refractivity contribution in [2.45, 2.75) is 12.3 Å². The highest BCUT2D eigenvalue weighted by atomic mass is 32.1. The van der Waals surface area contributed by atoms with Gasteiger partial charge in [-0.2, -0.15) is 0 Å². The number of thiazole rings is 1. The Hall–Kier alpha value is -1.23. The van der Waals surface area contributed by atoms with E-state index in [0.717, 1.165) is 10.7 Å². The summed E-state index contributed by atoms with van der Waals surface area (Å²) >= 11 is 1.69. The van der Waals surface area contributed by atoms with E-state index in [2.05, 4.69) is 36.6 Å². The number of nitrogens with two attached hydrogens (primary N) is 1. The van der Waals surface area contributed by atoms with Crippen LogP contribution in [0.5, 0.6) is 0 Å². The molecule has 0 radical (unpaired) electrons. The molecule has 0 unspecified atom stereocenters. The van der Waals surface area contributed by atoms with E-state index >= 15 is 0 Å². The van der Waals surface area contributed by atoms with Crippen LogP contribution in [-0.2, 0) is 10.2 Å². The molecule has 1 aromatic heterocycles. The van der Waals surface area contributed by atoms with Gasteiger partial charge in [0, 0.05) is 17.5 Å². The first kappa shape index (κ1) is 11.8. The van der Waals surface area contributed by atoms with Crippen LogP contribution in [-0.4, -0.2) is 24.7 Å². The Bertz CT molecular complexity index is 555. The van der Waals surface area contributed by atoms with Crippen molar-refractivity contribution in [1.82, 2.24) is 4.98 Å². The summed E-state index contributed by atoms with van der Waals surface area (Å²) in [4.78, 5) is 4.76. The number of aromatic nitrogens is 1. The molecule has 1 aromatic carbocycles. The van der Waals surface area contributed by atoms with E-state index in [4.69, 9.17) is 15.5 Å². The van der Waals surface area contributed by atoms with Gasteiger partial charge >= 0.3 is 0 Å². The largest absolute Gasteiger partial charge is 0.379 e. The second kappa shape index (κ2) is 4.46. The van der Waals surface area contributed by atoms with Crippen LogP contribution in [0, 0.1) is 6.92 Å². The van der Waals surface area contributed by atoms with Crippen molar-refractivity contribution in [2.75, 3.05) is 19.8 Å². The lowest BCUT2D eigenvalue weighted by Crippen LogP contribution is -2.52. The van der Waals surface area contributed by atoms with Gasteiger partial charge in [-0.15, -0.1) is 11.3 Å². The highest BCUT2D eigenvalue weighted by molar-refractivity contribution is 7.13. The van der Waals surface area contributed by atoms with E-state index in [-0.39, 0.29) is 5.41 Å². The molecule has 94 valence electrons. The maximum atomic E-state index is 5.86. The lowest BCUT2D eigenvalue weighted by atomic mass is 9.83. The van der Waals surface area contributed by atoms with E-state index in [0.29, 0.717) is 19.8 Å². The molecule has 1 aliphatic rings. The van der Waals surface area contributed by atoms with Crippen molar-refractivity contribution in [3.63, 3.8) is 0 Å². The van der Waals surface area contributed by atoms with Crippen molar-refractivity contribution in [3.8, 4) is 10.6 Å². The predicted molar refractivity (Wildman–Crippen MR) is 73.8 cm³/mol. The number of hydrogen-bond acceptors (Lipinski definition) is 4. The van der Waals surface area contributed by atoms with Crippen molar-refractivity contribution < 1.29 is 4.74 Å². The fourth-order valence-electron chi connectivity index (χ4n) is 2.17. The number of aryl methyl sites for hydroxylation is 1.